The number of hydrogen-bond donors (Lipinski definition) is 2. The lowest BCUT2D eigenvalue weighted by Crippen LogP contribution is -2.34. The van der Waals surface area contributed by atoms with E-state index in [1.807, 2.05) is 34.9 Å². The van der Waals surface area contributed by atoms with Crippen LogP contribution in [0.25, 0.3) is 17.1 Å². The predicted octanol–water partition coefficient (Wildman–Crippen LogP) is 2.42. The third-order valence-electron chi connectivity index (χ3n) is 3.90. The van der Waals surface area contributed by atoms with Crippen LogP contribution in [-0.2, 0) is 9.59 Å². The minimum atomic E-state index is -0.329. The average molecular weight is 413 g/mol. The predicted molar refractivity (Wildman–Crippen MR) is 109 cm³/mol. The zero-order valence-corrected chi connectivity index (χ0v) is 16.6. The summed E-state index contributed by atoms with van der Waals surface area (Å²) in [6, 6.07) is 15.5. The molecule has 0 fully saturated rings. The van der Waals surface area contributed by atoms with Crippen LogP contribution in [0.1, 0.15) is 6.92 Å². The molecule has 0 atom stereocenters. The lowest BCUT2D eigenvalue weighted by molar-refractivity contribution is -0.120. The van der Waals surface area contributed by atoms with Gasteiger partial charge < -0.3 is 10.6 Å². The standard InChI is InChI=1S/C20H20FN5O2S/c1-14(27)22-11-12-23-18(28)13-29-20-25-24-19(15-7-9-16(21)10-8-15)26(20)17-5-3-2-4-6-17/h2-10H,11-13H2,1H3,(H,22,27)(H,23,28). The molecule has 3 rings (SSSR count). The second-order valence-corrected chi connectivity index (χ2v) is 7.05. The summed E-state index contributed by atoms with van der Waals surface area (Å²) in [4.78, 5) is 22.9. The maximum absolute atomic E-state index is 13.3. The van der Waals surface area contributed by atoms with Gasteiger partial charge in [0.25, 0.3) is 0 Å². The van der Waals surface area contributed by atoms with Crippen molar-refractivity contribution >= 4 is 23.6 Å². The number of nitrogens with one attached hydrogen (secondary N) is 2. The van der Waals surface area contributed by atoms with Gasteiger partial charge in [0.15, 0.2) is 11.0 Å². The van der Waals surface area contributed by atoms with Gasteiger partial charge in [0.1, 0.15) is 5.82 Å². The molecule has 0 aliphatic carbocycles. The number of para-hydroxylation sites is 1. The van der Waals surface area contributed by atoms with Crippen molar-refractivity contribution in [2.24, 2.45) is 0 Å². The van der Waals surface area contributed by atoms with Crippen molar-refractivity contribution in [3.8, 4) is 17.1 Å². The Morgan fingerprint density at radius 3 is 2.38 bits per heavy atom. The molecular weight excluding hydrogens is 393 g/mol. The Labute approximate surface area is 171 Å². The second-order valence-electron chi connectivity index (χ2n) is 6.11. The summed E-state index contributed by atoms with van der Waals surface area (Å²) < 4.78 is 15.1. The Morgan fingerprint density at radius 2 is 1.69 bits per heavy atom. The number of amides is 2. The zero-order chi connectivity index (χ0) is 20.6. The van der Waals surface area contributed by atoms with Crippen LogP contribution in [0.3, 0.4) is 0 Å². The van der Waals surface area contributed by atoms with Crippen LogP contribution < -0.4 is 10.6 Å². The SMILES string of the molecule is CC(=O)NCCNC(=O)CSc1nnc(-c2ccc(F)cc2)n1-c1ccccc1. The number of rotatable bonds is 8. The van der Waals surface area contributed by atoms with Gasteiger partial charge in [0.05, 0.1) is 5.75 Å². The van der Waals surface area contributed by atoms with Gasteiger partial charge in [-0.25, -0.2) is 4.39 Å². The molecular formula is C20H20FN5O2S. The molecule has 29 heavy (non-hydrogen) atoms. The fraction of sp³-hybridized carbons (Fsp3) is 0.200. The van der Waals surface area contributed by atoms with E-state index in [0.717, 1.165) is 11.3 Å². The first-order chi connectivity index (χ1) is 14.0. The lowest BCUT2D eigenvalue weighted by atomic mass is 10.2. The minimum absolute atomic E-state index is 0.141. The topological polar surface area (TPSA) is 88.9 Å². The van der Waals surface area contributed by atoms with Crippen LogP contribution in [0.4, 0.5) is 4.39 Å². The number of halogens is 1. The molecule has 0 aliphatic heterocycles. The number of benzene rings is 2. The minimum Gasteiger partial charge on any atom is -0.355 e. The molecule has 0 aliphatic rings. The fourth-order valence-corrected chi connectivity index (χ4v) is 3.36. The van der Waals surface area contributed by atoms with E-state index in [9.17, 15) is 14.0 Å². The van der Waals surface area contributed by atoms with Crippen LogP contribution in [0.2, 0.25) is 0 Å². The number of nitrogens with zero attached hydrogens (tertiary/aromatic N) is 3. The summed E-state index contributed by atoms with van der Waals surface area (Å²) in [5.74, 6) is 0.0630. The largest absolute Gasteiger partial charge is 0.355 e. The normalized spacial score (nSPS) is 10.6. The van der Waals surface area contributed by atoms with E-state index >= 15 is 0 Å². The summed E-state index contributed by atoms with van der Waals surface area (Å²) in [6.07, 6.45) is 0. The first kappa shape index (κ1) is 20.5. The van der Waals surface area contributed by atoms with Crippen molar-refractivity contribution in [3.63, 3.8) is 0 Å². The van der Waals surface area contributed by atoms with Gasteiger partial charge in [-0.05, 0) is 36.4 Å². The van der Waals surface area contributed by atoms with Gasteiger partial charge in [-0.3, -0.25) is 14.2 Å². The van der Waals surface area contributed by atoms with E-state index in [4.69, 9.17) is 0 Å². The van der Waals surface area contributed by atoms with Crippen molar-refractivity contribution in [1.82, 2.24) is 25.4 Å². The third kappa shape index (κ3) is 5.64. The smallest absolute Gasteiger partial charge is 0.230 e. The molecule has 0 radical (unpaired) electrons. The van der Waals surface area contributed by atoms with Gasteiger partial charge in [-0.1, -0.05) is 30.0 Å². The summed E-state index contributed by atoms with van der Waals surface area (Å²) in [5.41, 5.74) is 1.56. The molecule has 0 unspecified atom stereocenters. The van der Waals surface area contributed by atoms with E-state index in [0.29, 0.717) is 24.1 Å². The third-order valence-corrected chi connectivity index (χ3v) is 4.83. The Balaban J connectivity index is 1.76. The number of carbonyl (C=O) groups is 2. The molecule has 150 valence electrons. The molecule has 2 N–H and O–H groups in total. The highest BCUT2D eigenvalue weighted by Crippen LogP contribution is 2.27. The monoisotopic (exact) mass is 413 g/mol. The summed E-state index contributed by atoms with van der Waals surface area (Å²) in [5, 5.41) is 14.4. The van der Waals surface area contributed by atoms with E-state index in [1.165, 1.54) is 30.8 Å². The molecule has 9 heteroatoms. The average Bonchev–Trinajstić information content (AvgIpc) is 3.14. The van der Waals surface area contributed by atoms with E-state index < -0.39 is 0 Å². The number of carbonyl (C=O) groups excluding carboxylic acids is 2. The quantitative estimate of drug-likeness (QED) is 0.437. The summed E-state index contributed by atoms with van der Waals surface area (Å²) in [6.45, 7) is 2.15. The van der Waals surface area contributed by atoms with Crippen molar-refractivity contribution in [2.45, 2.75) is 12.1 Å². The van der Waals surface area contributed by atoms with Gasteiger partial charge in [0, 0.05) is 31.3 Å². The highest BCUT2D eigenvalue weighted by molar-refractivity contribution is 7.99. The molecule has 2 amide bonds. The Morgan fingerprint density at radius 1 is 1.00 bits per heavy atom. The Kier molecular flexibility index (Phi) is 6.96. The first-order valence-corrected chi connectivity index (χ1v) is 9.94. The van der Waals surface area contributed by atoms with E-state index in [1.54, 1.807) is 12.1 Å². The number of thioether (sulfide) groups is 1. The molecule has 3 aromatic rings. The molecule has 0 saturated heterocycles. The zero-order valence-electron chi connectivity index (χ0n) is 15.8. The molecule has 7 nitrogen and oxygen atoms in total. The van der Waals surface area contributed by atoms with Gasteiger partial charge in [0.2, 0.25) is 11.8 Å². The first-order valence-electron chi connectivity index (χ1n) is 8.95. The number of hydrogen-bond acceptors (Lipinski definition) is 5. The van der Waals surface area contributed by atoms with Crippen LogP contribution in [0.5, 0.6) is 0 Å². The van der Waals surface area contributed by atoms with Gasteiger partial charge in [-0.15, -0.1) is 10.2 Å². The van der Waals surface area contributed by atoms with Crippen LogP contribution in [0, 0.1) is 5.82 Å². The molecule has 0 saturated carbocycles. The van der Waals surface area contributed by atoms with E-state index in [-0.39, 0.29) is 23.4 Å². The molecule has 1 aromatic heterocycles. The Hall–Kier alpha value is -3.20. The lowest BCUT2D eigenvalue weighted by Gasteiger charge is -2.10. The van der Waals surface area contributed by atoms with Crippen LogP contribution >= 0.6 is 11.8 Å². The molecule has 2 aromatic carbocycles. The fourth-order valence-electron chi connectivity index (χ4n) is 2.58. The molecule has 1 heterocycles. The van der Waals surface area contributed by atoms with E-state index in [2.05, 4.69) is 20.8 Å². The summed E-state index contributed by atoms with van der Waals surface area (Å²) in [7, 11) is 0. The maximum Gasteiger partial charge on any atom is 0.230 e. The Bertz CT molecular complexity index is 976. The second kappa shape index (κ2) is 9.83. The summed E-state index contributed by atoms with van der Waals surface area (Å²) >= 11 is 1.25. The molecule has 0 bridgehead atoms. The van der Waals surface area contributed by atoms with Crippen molar-refractivity contribution in [2.75, 3.05) is 18.8 Å². The maximum atomic E-state index is 13.3. The van der Waals surface area contributed by atoms with Crippen LogP contribution in [-0.4, -0.2) is 45.4 Å². The highest BCUT2D eigenvalue weighted by Gasteiger charge is 2.17. The van der Waals surface area contributed by atoms with Crippen molar-refractivity contribution in [1.29, 1.82) is 0 Å². The van der Waals surface area contributed by atoms with Gasteiger partial charge in [-0.2, -0.15) is 0 Å². The number of aromatic nitrogens is 3. The van der Waals surface area contributed by atoms with Crippen molar-refractivity contribution < 1.29 is 14.0 Å². The molecule has 0 spiro atoms. The van der Waals surface area contributed by atoms with Crippen molar-refractivity contribution in [3.05, 3.63) is 60.4 Å². The van der Waals surface area contributed by atoms with Crippen LogP contribution in [0.15, 0.2) is 59.8 Å². The van der Waals surface area contributed by atoms with Gasteiger partial charge >= 0.3 is 0 Å². The highest BCUT2D eigenvalue weighted by atomic mass is 32.2.